The van der Waals surface area contributed by atoms with Gasteiger partial charge in [0, 0.05) is 26.2 Å². The van der Waals surface area contributed by atoms with Crippen molar-refractivity contribution < 1.29 is 18.3 Å². The van der Waals surface area contributed by atoms with Crippen molar-refractivity contribution in [3.8, 4) is 0 Å². The summed E-state index contributed by atoms with van der Waals surface area (Å²) in [6.07, 6.45) is 0.259. The predicted octanol–water partition coefficient (Wildman–Crippen LogP) is 1.44. The largest absolute Gasteiger partial charge is 0.385 e. The van der Waals surface area contributed by atoms with Crippen LogP contribution < -0.4 is 5.73 Å². The Morgan fingerprint density at radius 3 is 2.76 bits per heavy atom. The summed E-state index contributed by atoms with van der Waals surface area (Å²) >= 11 is 0. The smallest absolute Gasteiger partial charge is 0.154 e. The molecule has 1 unspecified atom stereocenters. The van der Waals surface area contributed by atoms with Crippen LogP contribution >= 0.6 is 0 Å². The Balaban J connectivity index is 2.61. The van der Waals surface area contributed by atoms with Crippen molar-refractivity contribution in [1.29, 1.82) is 0 Å². The van der Waals surface area contributed by atoms with Crippen LogP contribution in [0.25, 0.3) is 0 Å². The number of methoxy groups -OCH3 is 1. The number of benzene rings is 1. The molecule has 94 valence electrons. The first-order chi connectivity index (χ1) is 8.04. The lowest BCUT2D eigenvalue weighted by Crippen LogP contribution is -2.33. The minimum absolute atomic E-state index is 0.128. The lowest BCUT2D eigenvalue weighted by atomic mass is 10.0. The fraction of sp³-hybridized carbons (Fsp3) is 0.417. The zero-order valence-electron chi connectivity index (χ0n) is 9.58. The highest BCUT2D eigenvalue weighted by molar-refractivity contribution is 5.85. The van der Waals surface area contributed by atoms with E-state index in [2.05, 4.69) is 0 Å². The Kier molecular flexibility index (Phi) is 5.18. The van der Waals surface area contributed by atoms with E-state index in [1.165, 1.54) is 13.2 Å². The van der Waals surface area contributed by atoms with Crippen LogP contribution in [0.15, 0.2) is 18.2 Å². The Hall–Kier alpha value is -1.33. The quantitative estimate of drug-likeness (QED) is 0.822. The van der Waals surface area contributed by atoms with Gasteiger partial charge in [0.1, 0.15) is 11.6 Å². The second-order valence-electron chi connectivity index (χ2n) is 3.77. The van der Waals surface area contributed by atoms with Gasteiger partial charge in [-0.1, -0.05) is 6.07 Å². The normalized spacial score (nSPS) is 12.5. The summed E-state index contributed by atoms with van der Waals surface area (Å²) in [5.41, 5.74) is 5.76. The molecule has 0 spiro atoms. The molecule has 1 aromatic rings. The summed E-state index contributed by atoms with van der Waals surface area (Å²) in [5.74, 6) is -1.67. The molecule has 2 N–H and O–H groups in total. The second kappa shape index (κ2) is 6.42. The number of carbonyl (C=O) groups excluding carboxylic acids is 1. The molecule has 1 atom stereocenters. The number of hydrogen-bond acceptors (Lipinski definition) is 3. The molecule has 0 aliphatic rings. The Morgan fingerprint density at radius 1 is 1.47 bits per heavy atom. The molecule has 0 saturated carbocycles. The van der Waals surface area contributed by atoms with E-state index in [1.807, 2.05) is 0 Å². The molecule has 3 nitrogen and oxygen atoms in total. The summed E-state index contributed by atoms with van der Waals surface area (Å²) in [5, 5.41) is 0. The van der Waals surface area contributed by atoms with E-state index in [9.17, 15) is 13.6 Å². The summed E-state index contributed by atoms with van der Waals surface area (Å²) in [6, 6.07) is 2.45. The van der Waals surface area contributed by atoms with Crippen molar-refractivity contribution in [1.82, 2.24) is 0 Å². The molecule has 0 radical (unpaired) electrons. The topological polar surface area (TPSA) is 52.3 Å². The fourth-order valence-electron chi connectivity index (χ4n) is 1.39. The Morgan fingerprint density at radius 2 is 2.18 bits per heavy atom. The summed E-state index contributed by atoms with van der Waals surface area (Å²) < 4.78 is 30.7. The van der Waals surface area contributed by atoms with Gasteiger partial charge in [0.05, 0.1) is 6.04 Å². The number of carbonyl (C=O) groups is 1. The molecule has 1 aromatic carbocycles. The summed E-state index contributed by atoms with van der Waals surface area (Å²) in [6.45, 7) is 0.374. The number of rotatable bonds is 6. The first-order valence-corrected chi connectivity index (χ1v) is 5.25. The monoisotopic (exact) mass is 243 g/mol. The van der Waals surface area contributed by atoms with E-state index >= 15 is 0 Å². The van der Waals surface area contributed by atoms with Crippen LogP contribution in [0.4, 0.5) is 8.78 Å². The Labute approximate surface area is 98.6 Å². The summed E-state index contributed by atoms with van der Waals surface area (Å²) in [7, 11) is 1.51. The first-order valence-electron chi connectivity index (χ1n) is 5.25. The SMILES string of the molecule is COCCC(N)C(=O)Cc1ccc(F)cc1F. The van der Waals surface area contributed by atoms with Gasteiger partial charge in [-0.2, -0.15) is 0 Å². The molecule has 0 saturated heterocycles. The predicted molar refractivity (Wildman–Crippen MR) is 59.5 cm³/mol. The molecular formula is C12H15F2NO2. The third-order valence-electron chi connectivity index (χ3n) is 2.43. The van der Waals surface area contributed by atoms with E-state index in [-0.39, 0.29) is 17.8 Å². The van der Waals surface area contributed by atoms with Gasteiger partial charge in [-0.15, -0.1) is 0 Å². The zero-order chi connectivity index (χ0) is 12.8. The fourth-order valence-corrected chi connectivity index (χ4v) is 1.39. The molecule has 0 amide bonds. The van der Waals surface area contributed by atoms with Crippen molar-refractivity contribution >= 4 is 5.78 Å². The number of halogens is 2. The molecule has 0 fully saturated rings. The highest BCUT2D eigenvalue weighted by Crippen LogP contribution is 2.11. The van der Waals surface area contributed by atoms with Gasteiger partial charge >= 0.3 is 0 Å². The van der Waals surface area contributed by atoms with E-state index in [0.29, 0.717) is 13.0 Å². The van der Waals surface area contributed by atoms with E-state index in [4.69, 9.17) is 10.5 Å². The Bertz CT molecular complexity index is 396. The van der Waals surface area contributed by atoms with Gasteiger partial charge in [-0.3, -0.25) is 4.79 Å². The maximum Gasteiger partial charge on any atom is 0.154 e. The minimum atomic E-state index is -0.725. The minimum Gasteiger partial charge on any atom is -0.385 e. The van der Waals surface area contributed by atoms with E-state index in [0.717, 1.165) is 12.1 Å². The first kappa shape index (κ1) is 13.7. The van der Waals surface area contributed by atoms with E-state index < -0.39 is 17.7 Å². The van der Waals surface area contributed by atoms with Crippen molar-refractivity contribution in [2.45, 2.75) is 18.9 Å². The molecule has 1 rings (SSSR count). The van der Waals surface area contributed by atoms with Crippen LogP contribution in [0.5, 0.6) is 0 Å². The van der Waals surface area contributed by atoms with Crippen molar-refractivity contribution in [3.63, 3.8) is 0 Å². The maximum absolute atomic E-state index is 13.3. The van der Waals surface area contributed by atoms with Gasteiger partial charge < -0.3 is 10.5 Å². The lowest BCUT2D eigenvalue weighted by molar-refractivity contribution is -0.120. The average molecular weight is 243 g/mol. The van der Waals surface area contributed by atoms with Crippen LogP contribution in [0, 0.1) is 11.6 Å². The van der Waals surface area contributed by atoms with Gasteiger partial charge in [-0.25, -0.2) is 8.78 Å². The molecular weight excluding hydrogens is 228 g/mol. The number of hydrogen-bond donors (Lipinski definition) is 1. The number of Topliss-reactive ketones (excluding diaryl/α,β-unsaturated/α-hetero) is 1. The molecule has 5 heteroatoms. The third-order valence-corrected chi connectivity index (χ3v) is 2.43. The van der Waals surface area contributed by atoms with Crippen molar-refractivity contribution in [2.75, 3.05) is 13.7 Å². The van der Waals surface area contributed by atoms with Gasteiger partial charge in [0.2, 0.25) is 0 Å². The van der Waals surface area contributed by atoms with Gasteiger partial charge in [-0.05, 0) is 18.1 Å². The molecule has 17 heavy (non-hydrogen) atoms. The molecule has 0 aliphatic carbocycles. The molecule has 0 bridgehead atoms. The van der Waals surface area contributed by atoms with E-state index in [1.54, 1.807) is 0 Å². The lowest BCUT2D eigenvalue weighted by Gasteiger charge is -2.10. The number of ether oxygens (including phenoxy) is 1. The van der Waals surface area contributed by atoms with Crippen molar-refractivity contribution in [3.05, 3.63) is 35.4 Å². The third kappa shape index (κ3) is 4.20. The van der Waals surface area contributed by atoms with Crippen LogP contribution in [0.2, 0.25) is 0 Å². The standard InChI is InChI=1S/C12H15F2NO2/c1-17-5-4-11(15)12(16)6-8-2-3-9(13)7-10(8)14/h2-3,7,11H,4-6,15H2,1H3. The highest BCUT2D eigenvalue weighted by Gasteiger charge is 2.15. The second-order valence-corrected chi connectivity index (χ2v) is 3.77. The van der Waals surface area contributed by atoms with Crippen LogP contribution in [-0.4, -0.2) is 25.5 Å². The highest BCUT2D eigenvalue weighted by atomic mass is 19.1. The number of nitrogens with two attached hydrogens (primary N) is 1. The van der Waals surface area contributed by atoms with Crippen LogP contribution in [0.1, 0.15) is 12.0 Å². The molecule has 0 aromatic heterocycles. The number of ketones is 1. The average Bonchev–Trinajstić information content (AvgIpc) is 2.29. The summed E-state index contributed by atoms with van der Waals surface area (Å²) in [4.78, 5) is 11.6. The zero-order valence-corrected chi connectivity index (χ0v) is 9.58. The van der Waals surface area contributed by atoms with Gasteiger partial charge in [0.25, 0.3) is 0 Å². The molecule has 0 aliphatic heterocycles. The van der Waals surface area contributed by atoms with Crippen LogP contribution in [0.3, 0.4) is 0 Å². The maximum atomic E-state index is 13.3. The molecule has 0 heterocycles. The van der Waals surface area contributed by atoms with Crippen LogP contribution in [-0.2, 0) is 16.0 Å². The van der Waals surface area contributed by atoms with Gasteiger partial charge in [0.15, 0.2) is 5.78 Å². The van der Waals surface area contributed by atoms with Crippen molar-refractivity contribution in [2.24, 2.45) is 5.73 Å².